The van der Waals surface area contributed by atoms with E-state index in [1.54, 1.807) is 0 Å². The number of halogens is 1. The SMILES string of the molecule is Cl.O=C(CCC1CCCC1)N1CCN(C(=O)C2CCCCN2)CC1. The molecule has 0 radical (unpaired) electrons. The van der Waals surface area contributed by atoms with Crippen LogP contribution in [0.2, 0.25) is 0 Å². The zero-order valence-electron chi connectivity index (χ0n) is 14.7. The van der Waals surface area contributed by atoms with Crippen molar-refractivity contribution in [1.82, 2.24) is 15.1 Å². The number of nitrogens with one attached hydrogen (secondary N) is 1. The van der Waals surface area contributed by atoms with Gasteiger partial charge in [-0.05, 0) is 31.7 Å². The molecule has 1 aliphatic carbocycles. The summed E-state index contributed by atoms with van der Waals surface area (Å²) < 4.78 is 0. The molecule has 3 aliphatic rings. The molecule has 1 unspecified atom stereocenters. The molecule has 2 heterocycles. The molecule has 0 spiro atoms. The highest BCUT2D eigenvalue weighted by atomic mass is 35.5. The van der Waals surface area contributed by atoms with Crippen LogP contribution in [0, 0.1) is 5.92 Å². The van der Waals surface area contributed by atoms with Gasteiger partial charge in [-0.15, -0.1) is 12.4 Å². The Morgan fingerprint density at radius 2 is 1.50 bits per heavy atom. The summed E-state index contributed by atoms with van der Waals surface area (Å²) >= 11 is 0. The van der Waals surface area contributed by atoms with Gasteiger partial charge in [0.05, 0.1) is 6.04 Å². The highest BCUT2D eigenvalue weighted by Gasteiger charge is 2.29. The molecule has 0 aromatic rings. The second kappa shape index (κ2) is 9.62. The first-order valence-corrected chi connectivity index (χ1v) is 9.54. The molecule has 0 aromatic heterocycles. The molecule has 1 atom stereocenters. The van der Waals surface area contributed by atoms with E-state index in [0.29, 0.717) is 38.5 Å². The smallest absolute Gasteiger partial charge is 0.239 e. The normalized spacial score (nSPS) is 25.4. The molecule has 0 aromatic carbocycles. The van der Waals surface area contributed by atoms with Gasteiger partial charge in [0.1, 0.15) is 0 Å². The van der Waals surface area contributed by atoms with Crippen LogP contribution in [0.5, 0.6) is 0 Å². The van der Waals surface area contributed by atoms with Crippen LogP contribution in [0.4, 0.5) is 0 Å². The third-order valence-corrected chi connectivity index (χ3v) is 5.79. The fourth-order valence-electron chi connectivity index (χ4n) is 4.24. The number of nitrogens with zero attached hydrogens (tertiary/aromatic N) is 2. The molecule has 6 heteroatoms. The predicted molar refractivity (Wildman–Crippen MR) is 97.2 cm³/mol. The Labute approximate surface area is 151 Å². The zero-order valence-corrected chi connectivity index (χ0v) is 15.5. The first kappa shape index (κ1) is 19.5. The van der Waals surface area contributed by atoms with Crippen LogP contribution in [0.3, 0.4) is 0 Å². The summed E-state index contributed by atoms with van der Waals surface area (Å²) in [6.45, 7) is 3.78. The van der Waals surface area contributed by atoms with Crippen molar-refractivity contribution in [2.75, 3.05) is 32.7 Å². The van der Waals surface area contributed by atoms with Gasteiger partial charge < -0.3 is 15.1 Å². The summed E-state index contributed by atoms with van der Waals surface area (Å²) in [6.07, 6.45) is 10.3. The standard InChI is InChI=1S/C18H31N3O2.ClH/c22-17(9-8-15-5-1-2-6-15)20-11-13-21(14-12-20)18(23)16-7-3-4-10-19-16;/h15-16,19H,1-14H2;1H. The van der Waals surface area contributed by atoms with E-state index in [0.717, 1.165) is 31.7 Å². The Balaban J connectivity index is 0.00000208. The molecule has 2 aliphatic heterocycles. The number of hydrogen-bond donors (Lipinski definition) is 1. The lowest BCUT2D eigenvalue weighted by atomic mass is 10.0. The van der Waals surface area contributed by atoms with Gasteiger partial charge in [0.25, 0.3) is 0 Å². The van der Waals surface area contributed by atoms with Gasteiger partial charge in [-0.25, -0.2) is 0 Å². The van der Waals surface area contributed by atoms with Crippen LogP contribution in [-0.2, 0) is 9.59 Å². The van der Waals surface area contributed by atoms with Gasteiger partial charge in [-0.3, -0.25) is 9.59 Å². The average molecular weight is 358 g/mol. The van der Waals surface area contributed by atoms with Gasteiger partial charge in [0, 0.05) is 32.6 Å². The molecule has 1 saturated carbocycles. The van der Waals surface area contributed by atoms with Crippen LogP contribution < -0.4 is 5.32 Å². The Kier molecular flexibility index (Phi) is 7.82. The molecule has 24 heavy (non-hydrogen) atoms. The van der Waals surface area contributed by atoms with Gasteiger partial charge in [-0.2, -0.15) is 0 Å². The number of carbonyl (C=O) groups excluding carboxylic acids is 2. The Bertz CT molecular complexity index is 412. The zero-order chi connectivity index (χ0) is 16.1. The van der Waals surface area contributed by atoms with Crippen molar-refractivity contribution in [2.45, 2.75) is 63.8 Å². The predicted octanol–water partition coefficient (Wildman–Crippen LogP) is 2.19. The lowest BCUT2D eigenvalue weighted by Crippen LogP contribution is -2.55. The van der Waals surface area contributed by atoms with Gasteiger partial charge in [-0.1, -0.05) is 32.1 Å². The molecular formula is C18H32ClN3O2. The molecule has 2 amide bonds. The van der Waals surface area contributed by atoms with Crippen molar-refractivity contribution < 1.29 is 9.59 Å². The molecular weight excluding hydrogens is 326 g/mol. The Morgan fingerprint density at radius 3 is 2.12 bits per heavy atom. The maximum absolute atomic E-state index is 12.5. The van der Waals surface area contributed by atoms with E-state index in [9.17, 15) is 9.59 Å². The summed E-state index contributed by atoms with van der Waals surface area (Å²) in [5, 5.41) is 3.33. The van der Waals surface area contributed by atoms with Crippen molar-refractivity contribution in [1.29, 1.82) is 0 Å². The van der Waals surface area contributed by atoms with E-state index in [1.165, 1.54) is 32.1 Å². The van der Waals surface area contributed by atoms with Gasteiger partial charge >= 0.3 is 0 Å². The number of carbonyl (C=O) groups is 2. The second-order valence-corrected chi connectivity index (χ2v) is 7.40. The summed E-state index contributed by atoms with van der Waals surface area (Å²) in [5.41, 5.74) is 0. The first-order chi connectivity index (χ1) is 11.2. The summed E-state index contributed by atoms with van der Waals surface area (Å²) in [7, 11) is 0. The number of hydrogen-bond acceptors (Lipinski definition) is 3. The molecule has 5 nitrogen and oxygen atoms in total. The van der Waals surface area contributed by atoms with Crippen LogP contribution in [0.1, 0.15) is 57.8 Å². The van der Waals surface area contributed by atoms with Gasteiger partial charge in [0.15, 0.2) is 0 Å². The third kappa shape index (κ3) is 5.09. The van der Waals surface area contributed by atoms with Crippen molar-refractivity contribution in [3.8, 4) is 0 Å². The maximum Gasteiger partial charge on any atom is 0.239 e. The van der Waals surface area contributed by atoms with Crippen LogP contribution in [0.25, 0.3) is 0 Å². The maximum atomic E-state index is 12.5. The fraction of sp³-hybridized carbons (Fsp3) is 0.889. The lowest BCUT2D eigenvalue weighted by molar-refractivity contribution is -0.141. The average Bonchev–Trinajstić information content (AvgIpc) is 3.13. The minimum atomic E-state index is 0. The van der Waals surface area contributed by atoms with E-state index < -0.39 is 0 Å². The second-order valence-electron chi connectivity index (χ2n) is 7.40. The van der Waals surface area contributed by atoms with Crippen LogP contribution >= 0.6 is 12.4 Å². The van der Waals surface area contributed by atoms with E-state index in [4.69, 9.17) is 0 Å². The molecule has 1 N–H and O–H groups in total. The lowest BCUT2D eigenvalue weighted by Gasteiger charge is -2.37. The number of rotatable bonds is 4. The van der Waals surface area contributed by atoms with Crippen LogP contribution in [0.15, 0.2) is 0 Å². The Morgan fingerprint density at radius 1 is 0.875 bits per heavy atom. The summed E-state index contributed by atoms with van der Waals surface area (Å²) in [6, 6.07) is 0.00775. The number of piperidine rings is 1. The van der Waals surface area contributed by atoms with E-state index in [-0.39, 0.29) is 24.4 Å². The number of amides is 2. The van der Waals surface area contributed by atoms with Crippen LogP contribution in [-0.4, -0.2) is 60.4 Å². The van der Waals surface area contributed by atoms with Crippen molar-refractivity contribution in [2.24, 2.45) is 5.92 Å². The van der Waals surface area contributed by atoms with E-state index >= 15 is 0 Å². The van der Waals surface area contributed by atoms with Crippen molar-refractivity contribution in [3.63, 3.8) is 0 Å². The fourth-order valence-corrected chi connectivity index (χ4v) is 4.24. The minimum absolute atomic E-state index is 0. The summed E-state index contributed by atoms with van der Waals surface area (Å²) in [5.74, 6) is 1.31. The highest BCUT2D eigenvalue weighted by molar-refractivity contribution is 5.85. The van der Waals surface area contributed by atoms with Crippen molar-refractivity contribution in [3.05, 3.63) is 0 Å². The highest BCUT2D eigenvalue weighted by Crippen LogP contribution is 2.28. The number of piperazine rings is 1. The molecule has 3 rings (SSSR count). The molecule has 0 bridgehead atoms. The molecule has 2 saturated heterocycles. The Hall–Kier alpha value is -0.810. The molecule has 3 fully saturated rings. The largest absolute Gasteiger partial charge is 0.339 e. The van der Waals surface area contributed by atoms with E-state index in [1.807, 2.05) is 9.80 Å². The summed E-state index contributed by atoms with van der Waals surface area (Å²) in [4.78, 5) is 28.7. The third-order valence-electron chi connectivity index (χ3n) is 5.79. The quantitative estimate of drug-likeness (QED) is 0.839. The van der Waals surface area contributed by atoms with Gasteiger partial charge in [0.2, 0.25) is 11.8 Å². The molecule has 138 valence electrons. The minimum Gasteiger partial charge on any atom is -0.339 e. The topological polar surface area (TPSA) is 52.7 Å². The van der Waals surface area contributed by atoms with Crippen molar-refractivity contribution >= 4 is 24.2 Å². The first-order valence-electron chi connectivity index (χ1n) is 9.54. The van der Waals surface area contributed by atoms with E-state index in [2.05, 4.69) is 5.32 Å². The monoisotopic (exact) mass is 357 g/mol.